The van der Waals surface area contributed by atoms with Crippen molar-refractivity contribution in [1.29, 1.82) is 0 Å². The molecule has 0 aliphatic carbocycles. The fourth-order valence-electron chi connectivity index (χ4n) is 8.39. The van der Waals surface area contributed by atoms with E-state index in [-0.39, 0.29) is 18.9 Å². The second-order valence-corrected chi connectivity index (χ2v) is 17.5. The van der Waals surface area contributed by atoms with E-state index in [0.717, 1.165) is 25.7 Å². The van der Waals surface area contributed by atoms with Gasteiger partial charge in [-0.05, 0) is 6.42 Å². The quantitative estimate of drug-likeness (QED) is 0.0400. The zero-order valence-electron chi connectivity index (χ0n) is 37.6. The fraction of sp³-hybridized carbons (Fsp3) is 0.977. The highest BCUT2D eigenvalue weighted by Crippen LogP contribution is 2.33. The molecule has 0 radical (unpaired) electrons. The van der Waals surface area contributed by atoms with Gasteiger partial charge >= 0.3 is 0 Å². The van der Waals surface area contributed by atoms with Gasteiger partial charge in [-0.15, -0.1) is 0 Å². The molecule has 1 amide bonds. The maximum Gasteiger partial charge on any atom is 0.220 e. The Balaban J connectivity index is 1.42. The lowest BCUT2D eigenvalue weighted by atomic mass is 9.96. The number of aliphatic hydroxyl groups is 11. The number of nitrogens with one attached hydrogen (secondary N) is 1. The van der Waals surface area contributed by atoms with Crippen molar-refractivity contribution in [3.63, 3.8) is 0 Å². The lowest BCUT2D eigenvalue weighted by Crippen LogP contribution is -2.66. The van der Waals surface area contributed by atoms with E-state index in [4.69, 9.17) is 28.4 Å². The van der Waals surface area contributed by atoms with Crippen molar-refractivity contribution in [1.82, 2.24) is 5.32 Å². The van der Waals surface area contributed by atoms with Crippen LogP contribution in [0, 0.1) is 0 Å². The lowest BCUT2D eigenvalue weighted by molar-refractivity contribution is -0.379. The number of hydrogen-bond acceptors (Lipinski definition) is 18. The first-order chi connectivity index (χ1) is 30.3. The molecule has 19 heteroatoms. The summed E-state index contributed by atoms with van der Waals surface area (Å²) in [6.07, 6.45) is -3.59. The van der Waals surface area contributed by atoms with Crippen LogP contribution in [0.4, 0.5) is 0 Å². The third-order valence-corrected chi connectivity index (χ3v) is 12.5. The number of carbonyl (C=O) groups is 1. The zero-order valence-corrected chi connectivity index (χ0v) is 37.6. The van der Waals surface area contributed by atoms with Crippen LogP contribution >= 0.6 is 0 Å². The van der Waals surface area contributed by atoms with Gasteiger partial charge in [-0.25, -0.2) is 0 Å². The Bertz CT molecular complexity index is 1190. The average molecular weight is 914 g/mol. The van der Waals surface area contributed by atoms with E-state index in [9.17, 15) is 61.0 Å². The predicted octanol–water partition coefficient (Wildman–Crippen LogP) is 0.139. The van der Waals surface area contributed by atoms with E-state index in [2.05, 4.69) is 12.2 Å². The van der Waals surface area contributed by atoms with Crippen molar-refractivity contribution >= 4 is 5.91 Å². The van der Waals surface area contributed by atoms with Crippen LogP contribution in [-0.2, 0) is 33.2 Å². The van der Waals surface area contributed by atoms with Crippen LogP contribution < -0.4 is 5.32 Å². The number of aliphatic hydroxyl groups excluding tert-OH is 11. The number of unbranched alkanes of at least 4 members (excludes halogenated alkanes) is 17. The summed E-state index contributed by atoms with van der Waals surface area (Å²) in [5.41, 5.74) is 0. The molecule has 3 rings (SSSR count). The standard InChI is InChI=1S/C44H83NO18/c1-3-5-6-7-8-9-10-11-12-13-14-15-16-17-18-19-20-21-22-28(49)27(45-32(50)4-2)26-58-42-38(56)35(53)40(30(24-47)60-42)63-44-39(57)36(54)41(31(25-48)61-44)62-43-37(55)34(52)33(51)29(23-46)59-43/h27-31,33-44,46-49,51-57H,3-26H2,1-2H3,(H,45,50). The summed E-state index contributed by atoms with van der Waals surface area (Å²) in [6.45, 7) is 1.20. The van der Waals surface area contributed by atoms with Crippen molar-refractivity contribution in [3.8, 4) is 0 Å². The Morgan fingerprint density at radius 1 is 0.508 bits per heavy atom. The van der Waals surface area contributed by atoms with Crippen LogP contribution in [-0.4, -0.2) is 193 Å². The molecule has 0 spiro atoms. The highest BCUT2D eigenvalue weighted by atomic mass is 16.8. The van der Waals surface area contributed by atoms with Gasteiger partial charge in [-0.3, -0.25) is 4.79 Å². The Morgan fingerprint density at radius 3 is 1.32 bits per heavy atom. The molecule has 372 valence electrons. The van der Waals surface area contributed by atoms with Gasteiger partial charge in [0.15, 0.2) is 18.9 Å². The summed E-state index contributed by atoms with van der Waals surface area (Å²) in [6, 6.07) is -0.876. The maximum absolute atomic E-state index is 12.4. The molecule has 17 atom stereocenters. The fourth-order valence-corrected chi connectivity index (χ4v) is 8.39. The molecule has 3 aliphatic rings. The number of rotatable bonds is 32. The number of carbonyl (C=O) groups excluding carboxylic acids is 1. The highest BCUT2D eigenvalue weighted by Gasteiger charge is 2.53. The molecule has 17 unspecified atom stereocenters. The molecule has 3 fully saturated rings. The summed E-state index contributed by atoms with van der Waals surface area (Å²) in [5, 5.41) is 118. The Labute approximate surface area is 373 Å². The van der Waals surface area contributed by atoms with Crippen molar-refractivity contribution in [3.05, 3.63) is 0 Å². The molecule has 3 aliphatic heterocycles. The molecule has 63 heavy (non-hydrogen) atoms. The highest BCUT2D eigenvalue weighted by molar-refractivity contribution is 5.75. The normalized spacial score (nSPS) is 34.8. The maximum atomic E-state index is 12.4. The van der Waals surface area contributed by atoms with Gasteiger partial charge in [-0.1, -0.05) is 129 Å². The molecule has 12 N–H and O–H groups in total. The SMILES string of the molecule is CCCCCCCCCCCCCCCCCCCCC(O)C(COC1OC(CO)C(OC2OC(CO)C(OC3OC(CO)C(O)C(O)C3O)C(O)C2O)C(O)C1O)NC(=O)CC. The number of ether oxygens (including phenoxy) is 6. The molecule has 0 aromatic heterocycles. The van der Waals surface area contributed by atoms with Crippen molar-refractivity contribution in [2.45, 2.75) is 247 Å². The van der Waals surface area contributed by atoms with E-state index in [0.29, 0.717) is 6.42 Å². The predicted molar refractivity (Wildman–Crippen MR) is 227 cm³/mol. The Hall–Kier alpha value is -1.21. The first-order valence-electron chi connectivity index (χ1n) is 23.8. The van der Waals surface area contributed by atoms with Gasteiger partial charge in [0.2, 0.25) is 5.91 Å². The summed E-state index contributed by atoms with van der Waals surface area (Å²) in [5.74, 6) is -0.331. The summed E-state index contributed by atoms with van der Waals surface area (Å²) in [7, 11) is 0. The minimum absolute atomic E-state index is 0.150. The molecule has 19 nitrogen and oxygen atoms in total. The molecule has 0 saturated carbocycles. The average Bonchev–Trinajstić information content (AvgIpc) is 3.28. The first-order valence-corrected chi connectivity index (χ1v) is 23.8. The minimum atomic E-state index is -1.96. The van der Waals surface area contributed by atoms with Crippen molar-refractivity contribution in [2.75, 3.05) is 26.4 Å². The second kappa shape index (κ2) is 31.0. The van der Waals surface area contributed by atoms with Crippen LogP contribution in [0.2, 0.25) is 0 Å². The lowest BCUT2D eigenvalue weighted by Gasteiger charge is -2.48. The van der Waals surface area contributed by atoms with Gasteiger partial charge in [0.05, 0.1) is 38.6 Å². The van der Waals surface area contributed by atoms with E-state index in [1.165, 1.54) is 89.9 Å². The first kappa shape index (κ1) is 56.1. The second-order valence-electron chi connectivity index (χ2n) is 17.5. The summed E-state index contributed by atoms with van der Waals surface area (Å²) in [4.78, 5) is 12.4. The van der Waals surface area contributed by atoms with E-state index in [1.54, 1.807) is 6.92 Å². The topological polar surface area (TPSA) is 307 Å². The summed E-state index contributed by atoms with van der Waals surface area (Å²) >= 11 is 0. The smallest absolute Gasteiger partial charge is 0.220 e. The van der Waals surface area contributed by atoms with Crippen LogP contribution in [0.5, 0.6) is 0 Å². The van der Waals surface area contributed by atoms with Crippen molar-refractivity contribution < 1.29 is 89.4 Å². The van der Waals surface area contributed by atoms with Gasteiger partial charge in [-0.2, -0.15) is 0 Å². The van der Waals surface area contributed by atoms with Gasteiger partial charge < -0.3 is 89.9 Å². The largest absolute Gasteiger partial charge is 0.394 e. The number of amides is 1. The van der Waals surface area contributed by atoms with Crippen molar-refractivity contribution in [2.24, 2.45) is 0 Å². The molecular weight excluding hydrogens is 830 g/mol. The van der Waals surface area contributed by atoms with E-state index in [1.807, 2.05) is 0 Å². The monoisotopic (exact) mass is 914 g/mol. The van der Waals surface area contributed by atoms with Crippen LogP contribution in [0.25, 0.3) is 0 Å². The molecule has 3 saturated heterocycles. The van der Waals surface area contributed by atoms with Gasteiger partial charge in [0.1, 0.15) is 73.2 Å². The molecular formula is C44H83NO18. The van der Waals surface area contributed by atoms with Gasteiger partial charge in [0, 0.05) is 6.42 Å². The molecule has 3 heterocycles. The third kappa shape index (κ3) is 18.1. The van der Waals surface area contributed by atoms with Crippen LogP contribution in [0.15, 0.2) is 0 Å². The zero-order chi connectivity index (χ0) is 46.3. The number of hydrogen-bond donors (Lipinski definition) is 12. The molecule has 0 aromatic rings. The van der Waals surface area contributed by atoms with Crippen LogP contribution in [0.3, 0.4) is 0 Å². The molecule has 0 aromatic carbocycles. The third-order valence-electron chi connectivity index (χ3n) is 12.5. The van der Waals surface area contributed by atoms with Crippen LogP contribution in [0.1, 0.15) is 142 Å². The minimum Gasteiger partial charge on any atom is -0.394 e. The Kier molecular flexibility index (Phi) is 27.6. The van der Waals surface area contributed by atoms with Gasteiger partial charge in [0.25, 0.3) is 0 Å². The Morgan fingerprint density at radius 2 is 0.889 bits per heavy atom. The summed E-state index contributed by atoms with van der Waals surface area (Å²) < 4.78 is 33.8. The molecule has 0 bridgehead atoms. The van der Waals surface area contributed by atoms with E-state index >= 15 is 0 Å². The van der Waals surface area contributed by atoms with E-state index < -0.39 is 124 Å².